The fourth-order valence-corrected chi connectivity index (χ4v) is 3.88. The van der Waals surface area contributed by atoms with E-state index in [1.54, 1.807) is 0 Å². The topological polar surface area (TPSA) is 84.4 Å². The summed E-state index contributed by atoms with van der Waals surface area (Å²) in [5.41, 5.74) is 2.75. The molecule has 0 aliphatic heterocycles. The molecule has 1 fully saturated rings. The van der Waals surface area contributed by atoms with E-state index >= 15 is 0 Å². The van der Waals surface area contributed by atoms with Crippen molar-refractivity contribution >= 4 is 5.69 Å². The van der Waals surface area contributed by atoms with Gasteiger partial charge in [-0.25, -0.2) is 0 Å². The maximum Gasteiger partial charge on any atom is 0.306 e. The second-order valence-corrected chi connectivity index (χ2v) is 7.01. The third-order valence-electron chi connectivity index (χ3n) is 5.17. The SMILES string of the molecule is O=[N+]([O-])c1cnn(C[C@@H](O)CN(C2CC2)[C@@H]2CCc3ccccc32)c1. The molecule has 2 aliphatic rings. The van der Waals surface area contributed by atoms with Crippen molar-refractivity contribution in [2.45, 2.75) is 50.4 Å². The maximum atomic E-state index is 10.7. The number of hydrogen-bond donors (Lipinski definition) is 1. The average Bonchev–Trinajstić information content (AvgIpc) is 3.17. The molecule has 7 heteroatoms. The largest absolute Gasteiger partial charge is 0.390 e. The summed E-state index contributed by atoms with van der Waals surface area (Å²) in [6.45, 7) is 0.836. The molecule has 0 spiro atoms. The Morgan fingerprint density at radius 2 is 2.16 bits per heavy atom. The first-order chi connectivity index (χ1) is 12.1. The van der Waals surface area contributed by atoms with Gasteiger partial charge in [0, 0.05) is 18.6 Å². The fraction of sp³-hybridized carbons (Fsp3) is 0.500. The molecule has 1 aromatic carbocycles. The molecule has 4 rings (SSSR count). The summed E-state index contributed by atoms with van der Waals surface area (Å²) in [6.07, 6.45) is 6.53. The minimum Gasteiger partial charge on any atom is -0.390 e. The fourth-order valence-electron chi connectivity index (χ4n) is 3.88. The van der Waals surface area contributed by atoms with Crippen LogP contribution >= 0.6 is 0 Å². The predicted octanol–water partition coefficient (Wildman–Crippen LogP) is 2.30. The number of aryl methyl sites for hydroxylation is 1. The van der Waals surface area contributed by atoms with Gasteiger partial charge in [-0.05, 0) is 36.8 Å². The zero-order valence-corrected chi connectivity index (χ0v) is 14.0. The smallest absolute Gasteiger partial charge is 0.306 e. The van der Waals surface area contributed by atoms with Crippen LogP contribution in [0, 0.1) is 10.1 Å². The molecule has 7 nitrogen and oxygen atoms in total. The van der Waals surface area contributed by atoms with Crippen LogP contribution in [0.1, 0.15) is 36.4 Å². The lowest BCUT2D eigenvalue weighted by molar-refractivity contribution is -0.385. The Labute approximate surface area is 146 Å². The summed E-state index contributed by atoms with van der Waals surface area (Å²) >= 11 is 0. The van der Waals surface area contributed by atoms with Gasteiger partial charge in [0.1, 0.15) is 12.4 Å². The molecule has 0 amide bonds. The van der Waals surface area contributed by atoms with Gasteiger partial charge in [0.2, 0.25) is 0 Å². The number of benzene rings is 1. The van der Waals surface area contributed by atoms with E-state index in [1.807, 2.05) is 0 Å². The van der Waals surface area contributed by atoms with Gasteiger partial charge < -0.3 is 5.11 Å². The van der Waals surface area contributed by atoms with Crippen molar-refractivity contribution in [3.05, 3.63) is 57.9 Å². The Bertz CT molecular complexity index is 771. The molecular weight excluding hydrogens is 320 g/mol. The van der Waals surface area contributed by atoms with Crippen molar-refractivity contribution in [3.8, 4) is 0 Å². The first-order valence-electron chi connectivity index (χ1n) is 8.80. The standard InChI is InChI=1S/C18H22N4O3/c23-16(11-20-10-15(9-19-20)22(24)25)12-21(14-6-7-14)18-8-5-13-3-1-2-4-17(13)18/h1-4,9-10,14,16,18,23H,5-8,11-12H2/t16-,18-/m1/s1. The molecule has 0 saturated heterocycles. The molecule has 1 heterocycles. The average molecular weight is 342 g/mol. The van der Waals surface area contributed by atoms with E-state index in [-0.39, 0.29) is 12.2 Å². The monoisotopic (exact) mass is 342 g/mol. The van der Waals surface area contributed by atoms with Crippen molar-refractivity contribution in [1.29, 1.82) is 0 Å². The highest BCUT2D eigenvalue weighted by Gasteiger charge is 2.38. The minimum atomic E-state index is -0.604. The number of nitro groups is 1. The van der Waals surface area contributed by atoms with Crippen LogP contribution < -0.4 is 0 Å². The van der Waals surface area contributed by atoms with Crippen LogP contribution in [0.3, 0.4) is 0 Å². The molecule has 2 aliphatic carbocycles. The van der Waals surface area contributed by atoms with E-state index in [4.69, 9.17) is 0 Å². The molecule has 1 N–H and O–H groups in total. The van der Waals surface area contributed by atoms with E-state index in [0.29, 0.717) is 18.6 Å². The lowest BCUT2D eigenvalue weighted by atomic mass is 10.1. The minimum absolute atomic E-state index is 0.0454. The van der Waals surface area contributed by atoms with Crippen molar-refractivity contribution in [3.63, 3.8) is 0 Å². The summed E-state index contributed by atoms with van der Waals surface area (Å²) in [7, 11) is 0. The van der Waals surface area contributed by atoms with Crippen LogP contribution in [-0.2, 0) is 13.0 Å². The Morgan fingerprint density at radius 3 is 2.88 bits per heavy atom. The van der Waals surface area contributed by atoms with Crippen LogP contribution in [0.15, 0.2) is 36.7 Å². The summed E-state index contributed by atoms with van der Waals surface area (Å²) in [6, 6.07) is 9.47. The summed E-state index contributed by atoms with van der Waals surface area (Å²) in [5, 5.41) is 25.3. The lowest BCUT2D eigenvalue weighted by Gasteiger charge is -2.31. The Balaban J connectivity index is 1.44. The third-order valence-corrected chi connectivity index (χ3v) is 5.17. The van der Waals surface area contributed by atoms with Gasteiger partial charge in [0.25, 0.3) is 0 Å². The predicted molar refractivity (Wildman–Crippen MR) is 92.1 cm³/mol. The van der Waals surface area contributed by atoms with Crippen molar-refractivity contribution in [1.82, 2.24) is 14.7 Å². The highest BCUT2D eigenvalue weighted by Crippen LogP contribution is 2.41. The third kappa shape index (κ3) is 3.43. The van der Waals surface area contributed by atoms with Gasteiger partial charge >= 0.3 is 5.69 Å². The van der Waals surface area contributed by atoms with E-state index in [9.17, 15) is 15.2 Å². The number of nitrogens with zero attached hydrogens (tertiary/aromatic N) is 4. The number of hydrogen-bond acceptors (Lipinski definition) is 5. The van der Waals surface area contributed by atoms with Crippen molar-refractivity contribution in [2.24, 2.45) is 0 Å². The van der Waals surface area contributed by atoms with Gasteiger partial charge in [-0.2, -0.15) is 5.10 Å². The Morgan fingerprint density at radius 1 is 1.36 bits per heavy atom. The molecule has 0 bridgehead atoms. The summed E-state index contributed by atoms with van der Waals surface area (Å²) in [5.74, 6) is 0. The molecule has 1 saturated carbocycles. The Kier molecular flexibility index (Phi) is 4.27. The normalized spacial score (nSPS) is 20.6. The first-order valence-corrected chi connectivity index (χ1v) is 8.80. The second-order valence-electron chi connectivity index (χ2n) is 7.01. The van der Waals surface area contributed by atoms with Crippen molar-refractivity contribution < 1.29 is 10.0 Å². The quantitative estimate of drug-likeness (QED) is 0.616. The molecule has 0 radical (unpaired) electrons. The van der Waals surface area contributed by atoms with Crippen LogP contribution in [-0.4, -0.2) is 43.4 Å². The van der Waals surface area contributed by atoms with Crippen LogP contribution in [0.4, 0.5) is 5.69 Å². The van der Waals surface area contributed by atoms with Gasteiger partial charge in [0.15, 0.2) is 0 Å². The highest BCUT2D eigenvalue weighted by molar-refractivity contribution is 5.34. The van der Waals surface area contributed by atoms with Crippen molar-refractivity contribution in [2.75, 3.05) is 6.54 Å². The van der Waals surface area contributed by atoms with E-state index in [0.717, 1.165) is 12.8 Å². The molecule has 2 atom stereocenters. The molecule has 25 heavy (non-hydrogen) atoms. The van der Waals surface area contributed by atoms with E-state index in [2.05, 4.69) is 34.3 Å². The molecule has 2 aromatic rings. The molecular formula is C18H22N4O3. The zero-order chi connectivity index (χ0) is 17.4. The van der Waals surface area contributed by atoms with Gasteiger partial charge in [0.05, 0.1) is 17.6 Å². The first kappa shape index (κ1) is 16.2. The van der Waals surface area contributed by atoms with Gasteiger partial charge in [-0.3, -0.25) is 19.7 Å². The lowest BCUT2D eigenvalue weighted by Crippen LogP contribution is -2.38. The molecule has 132 valence electrons. The number of fused-ring (bicyclic) bond motifs is 1. The Hall–Kier alpha value is -2.25. The van der Waals surface area contributed by atoms with Crippen LogP contribution in [0.25, 0.3) is 0 Å². The zero-order valence-electron chi connectivity index (χ0n) is 14.0. The molecule has 0 unspecified atom stereocenters. The number of aliphatic hydroxyl groups excluding tert-OH is 1. The second kappa shape index (κ2) is 6.57. The number of rotatable bonds is 7. The van der Waals surface area contributed by atoms with E-state index < -0.39 is 11.0 Å². The van der Waals surface area contributed by atoms with Gasteiger partial charge in [-0.15, -0.1) is 0 Å². The van der Waals surface area contributed by atoms with Gasteiger partial charge in [-0.1, -0.05) is 24.3 Å². The number of aromatic nitrogens is 2. The van der Waals surface area contributed by atoms with Crippen LogP contribution in [0.2, 0.25) is 0 Å². The maximum absolute atomic E-state index is 10.7. The summed E-state index contributed by atoms with van der Waals surface area (Å²) in [4.78, 5) is 12.7. The highest BCUT2D eigenvalue weighted by atomic mass is 16.6. The molecule has 1 aromatic heterocycles. The van der Waals surface area contributed by atoms with Crippen LogP contribution in [0.5, 0.6) is 0 Å². The number of aliphatic hydroxyl groups is 1. The van der Waals surface area contributed by atoms with E-state index in [1.165, 1.54) is 41.0 Å². The summed E-state index contributed by atoms with van der Waals surface area (Å²) < 4.78 is 1.45.